The van der Waals surface area contributed by atoms with Crippen molar-refractivity contribution in [3.8, 4) is 11.6 Å². The lowest BCUT2D eigenvalue weighted by Gasteiger charge is -2.08. The number of carboxylic acid groups (broad SMARTS) is 1. The Balaban J connectivity index is 2.03. The molecule has 104 valence electrons. The first-order valence-electron chi connectivity index (χ1n) is 6.15. The van der Waals surface area contributed by atoms with Crippen molar-refractivity contribution in [3.63, 3.8) is 0 Å². The Morgan fingerprint density at radius 1 is 1.19 bits per heavy atom. The molecular weight excluding hydrogens is 270 g/mol. The number of nitrogens with two attached hydrogens (primary N) is 1. The fourth-order valence-corrected chi connectivity index (χ4v) is 1.96. The second-order valence-corrected chi connectivity index (χ2v) is 4.35. The summed E-state index contributed by atoms with van der Waals surface area (Å²) in [5, 5.41) is 9.97. The first-order valence-corrected chi connectivity index (χ1v) is 6.15. The molecule has 0 fully saturated rings. The quantitative estimate of drug-likeness (QED) is 0.765. The molecule has 3 N–H and O–H groups in total. The third-order valence-electron chi connectivity index (χ3n) is 2.95. The summed E-state index contributed by atoms with van der Waals surface area (Å²) in [5.41, 5.74) is 6.28. The maximum absolute atomic E-state index is 11.1. The molecule has 21 heavy (non-hydrogen) atoms. The zero-order valence-electron chi connectivity index (χ0n) is 10.9. The van der Waals surface area contributed by atoms with Crippen molar-refractivity contribution in [2.75, 3.05) is 5.73 Å². The molecule has 3 aromatic rings. The summed E-state index contributed by atoms with van der Waals surface area (Å²) in [5.74, 6) is -0.475. The van der Waals surface area contributed by atoms with Crippen LogP contribution in [0.1, 0.15) is 10.4 Å². The van der Waals surface area contributed by atoms with E-state index in [1.54, 1.807) is 12.3 Å². The molecule has 2 heterocycles. The zero-order valence-corrected chi connectivity index (χ0v) is 10.9. The lowest BCUT2D eigenvalue weighted by molar-refractivity contribution is 0.0697. The van der Waals surface area contributed by atoms with Gasteiger partial charge in [-0.25, -0.2) is 9.78 Å². The number of aromatic carboxylic acids is 1. The molecule has 3 rings (SSSR count). The smallest absolute Gasteiger partial charge is 0.338 e. The summed E-state index contributed by atoms with van der Waals surface area (Å²) in [6.07, 6.45) is 2.92. The van der Waals surface area contributed by atoms with Gasteiger partial charge in [0.2, 0.25) is 5.88 Å². The van der Waals surface area contributed by atoms with Gasteiger partial charge in [-0.3, -0.25) is 4.98 Å². The fourth-order valence-electron chi connectivity index (χ4n) is 1.96. The molecule has 0 aliphatic carbocycles. The predicted molar refractivity (Wildman–Crippen MR) is 77.4 cm³/mol. The lowest BCUT2D eigenvalue weighted by Crippen LogP contribution is -2.03. The molecule has 2 aromatic heterocycles. The van der Waals surface area contributed by atoms with Crippen molar-refractivity contribution in [1.82, 2.24) is 9.97 Å². The largest absolute Gasteiger partial charge is 0.478 e. The fraction of sp³-hybridized carbons (Fsp3) is 0. The highest BCUT2D eigenvalue weighted by Gasteiger charge is 2.12. The SMILES string of the molecule is Nc1cnc(Oc2cccc3cccnc23)cc1C(=O)O. The standard InChI is InChI=1S/C15H11N3O3/c16-11-8-18-13(7-10(11)15(19)20)21-12-5-1-3-9-4-2-6-17-14(9)12/h1-8H,16H2,(H,19,20). The Bertz CT molecular complexity index is 828. The minimum absolute atomic E-state index is 0.0480. The van der Waals surface area contributed by atoms with Gasteiger partial charge in [0, 0.05) is 17.6 Å². The van der Waals surface area contributed by atoms with Crippen LogP contribution in [0.5, 0.6) is 11.6 Å². The van der Waals surface area contributed by atoms with E-state index in [-0.39, 0.29) is 17.1 Å². The predicted octanol–water partition coefficient (Wildman–Crippen LogP) is 2.70. The second kappa shape index (κ2) is 5.09. The number of hydrogen-bond donors (Lipinski definition) is 2. The van der Waals surface area contributed by atoms with E-state index in [2.05, 4.69) is 9.97 Å². The van der Waals surface area contributed by atoms with Crippen molar-refractivity contribution < 1.29 is 14.6 Å². The van der Waals surface area contributed by atoms with Crippen molar-refractivity contribution in [1.29, 1.82) is 0 Å². The number of nitrogens with zero attached hydrogens (tertiary/aromatic N) is 2. The van der Waals surface area contributed by atoms with Crippen molar-refractivity contribution >= 4 is 22.6 Å². The van der Waals surface area contributed by atoms with Crippen LogP contribution < -0.4 is 10.5 Å². The highest BCUT2D eigenvalue weighted by atomic mass is 16.5. The first kappa shape index (κ1) is 12.9. The molecule has 0 aliphatic heterocycles. The van der Waals surface area contributed by atoms with Gasteiger partial charge < -0.3 is 15.6 Å². The first-order chi connectivity index (χ1) is 10.1. The van der Waals surface area contributed by atoms with E-state index in [0.29, 0.717) is 11.3 Å². The maximum atomic E-state index is 11.1. The topological polar surface area (TPSA) is 98.3 Å². The molecule has 0 saturated heterocycles. The van der Waals surface area contributed by atoms with Gasteiger partial charge in [-0.1, -0.05) is 18.2 Å². The van der Waals surface area contributed by atoms with E-state index >= 15 is 0 Å². The molecule has 0 atom stereocenters. The molecule has 1 aromatic carbocycles. The van der Waals surface area contributed by atoms with Crippen LogP contribution in [-0.2, 0) is 0 Å². The Labute approximate surface area is 119 Å². The van der Waals surface area contributed by atoms with E-state index in [1.807, 2.05) is 24.3 Å². The molecule has 6 nitrogen and oxygen atoms in total. The highest BCUT2D eigenvalue weighted by molar-refractivity contribution is 5.93. The number of para-hydroxylation sites is 1. The van der Waals surface area contributed by atoms with Crippen LogP contribution in [0.25, 0.3) is 10.9 Å². The van der Waals surface area contributed by atoms with Gasteiger partial charge in [0.1, 0.15) is 5.52 Å². The summed E-state index contributed by atoms with van der Waals surface area (Å²) < 4.78 is 5.64. The van der Waals surface area contributed by atoms with Gasteiger partial charge in [-0.15, -0.1) is 0 Å². The van der Waals surface area contributed by atoms with Gasteiger partial charge in [0.15, 0.2) is 5.75 Å². The van der Waals surface area contributed by atoms with Crippen LogP contribution in [0.2, 0.25) is 0 Å². The molecular formula is C15H11N3O3. The summed E-state index contributed by atoms with van der Waals surface area (Å²) >= 11 is 0. The van der Waals surface area contributed by atoms with Crippen molar-refractivity contribution in [2.24, 2.45) is 0 Å². The molecule has 0 unspecified atom stereocenters. The Hall–Kier alpha value is -3.15. The van der Waals surface area contributed by atoms with Crippen LogP contribution >= 0.6 is 0 Å². The van der Waals surface area contributed by atoms with E-state index in [0.717, 1.165) is 5.39 Å². The number of benzene rings is 1. The average molecular weight is 281 g/mol. The zero-order chi connectivity index (χ0) is 14.8. The van der Waals surface area contributed by atoms with E-state index in [4.69, 9.17) is 15.6 Å². The number of anilines is 1. The van der Waals surface area contributed by atoms with E-state index < -0.39 is 5.97 Å². The maximum Gasteiger partial charge on any atom is 0.338 e. The van der Waals surface area contributed by atoms with Gasteiger partial charge in [-0.05, 0) is 12.1 Å². The number of nitrogen functional groups attached to an aromatic ring is 1. The number of fused-ring (bicyclic) bond motifs is 1. The molecule has 6 heteroatoms. The monoisotopic (exact) mass is 281 g/mol. The number of ether oxygens (including phenoxy) is 1. The number of aromatic nitrogens is 2. The van der Waals surface area contributed by atoms with Gasteiger partial charge >= 0.3 is 5.97 Å². The second-order valence-electron chi connectivity index (χ2n) is 4.35. The number of carboxylic acids is 1. The molecule has 0 saturated carbocycles. The third kappa shape index (κ3) is 2.46. The number of pyridine rings is 2. The van der Waals surface area contributed by atoms with E-state index in [1.165, 1.54) is 12.3 Å². The minimum Gasteiger partial charge on any atom is -0.478 e. The Morgan fingerprint density at radius 3 is 2.81 bits per heavy atom. The van der Waals surface area contributed by atoms with Gasteiger partial charge in [0.05, 0.1) is 17.4 Å². The number of carbonyl (C=O) groups is 1. The number of hydrogen-bond acceptors (Lipinski definition) is 5. The number of rotatable bonds is 3. The molecule has 0 bridgehead atoms. The molecule has 0 spiro atoms. The van der Waals surface area contributed by atoms with E-state index in [9.17, 15) is 4.79 Å². The minimum atomic E-state index is -1.13. The molecule has 0 radical (unpaired) electrons. The molecule has 0 aliphatic rings. The van der Waals surface area contributed by atoms with Crippen LogP contribution in [-0.4, -0.2) is 21.0 Å². The van der Waals surface area contributed by atoms with Gasteiger partial charge in [-0.2, -0.15) is 0 Å². The summed E-state index contributed by atoms with van der Waals surface area (Å²) in [4.78, 5) is 19.3. The normalized spacial score (nSPS) is 10.5. The Kier molecular flexibility index (Phi) is 3.12. The summed E-state index contributed by atoms with van der Waals surface area (Å²) in [6, 6.07) is 10.5. The lowest BCUT2D eigenvalue weighted by atomic mass is 10.2. The third-order valence-corrected chi connectivity index (χ3v) is 2.95. The van der Waals surface area contributed by atoms with Gasteiger partial charge in [0.25, 0.3) is 0 Å². The molecule has 0 amide bonds. The van der Waals surface area contributed by atoms with Crippen LogP contribution in [0, 0.1) is 0 Å². The van der Waals surface area contributed by atoms with Crippen molar-refractivity contribution in [3.05, 3.63) is 54.4 Å². The van der Waals surface area contributed by atoms with Crippen LogP contribution in [0.3, 0.4) is 0 Å². The summed E-state index contributed by atoms with van der Waals surface area (Å²) in [7, 11) is 0. The average Bonchev–Trinajstić information content (AvgIpc) is 2.49. The summed E-state index contributed by atoms with van der Waals surface area (Å²) in [6.45, 7) is 0. The van der Waals surface area contributed by atoms with Crippen molar-refractivity contribution in [2.45, 2.75) is 0 Å². The Morgan fingerprint density at radius 2 is 2.00 bits per heavy atom. The van der Waals surface area contributed by atoms with Crippen LogP contribution in [0.4, 0.5) is 5.69 Å². The van der Waals surface area contributed by atoms with Crippen LogP contribution in [0.15, 0.2) is 48.8 Å². The highest BCUT2D eigenvalue weighted by Crippen LogP contribution is 2.28.